The van der Waals surface area contributed by atoms with E-state index in [1.807, 2.05) is 37.3 Å². The minimum Gasteiger partial charge on any atom is -0.378 e. The van der Waals surface area contributed by atoms with Crippen molar-refractivity contribution in [2.75, 3.05) is 50.1 Å². The number of ether oxygens (including phenoxy) is 1. The van der Waals surface area contributed by atoms with Gasteiger partial charge < -0.3 is 19.9 Å². The molecular weight excluding hydrogens is 356 g/mol. The van der Waals surface area contributed by atoms with E-state index in [1.165, 1.54) is 4.90 Å². The first-order valence-electron chi connectivity index (χ1n) is 9.50. The minimum atomic E-state index is -0.236. The van der Waals surface area contributed by atoms with Crippen LogP contribution in [0.15, 0.2) is 42.6 Å². The van der Waals surface area contributed by atoms with Crippen molar-refractivity contribution in [3.05, 3.63) is 53.7 Å². The van der Waals surface area contributed by atoms with E-state index in [-0.39, 0.29) is 18.4 Å². The van der Waals surface area contributed by atoms with E-state index < -0.39 is 0 Å². The number of carbonyl (C=O) groups excluding carboxylic acids is 2. The van der Waals surface area contributed by atoms with Gasteiger partial charge in [-0.3, -0.25) is 9.59 Å². The molecule has 28 heavy (non-hydrogen) atoms. The lowest BCUT2D eigenvalue weighted by molar-refractivity contribution is -0.116. The summed E-state index contributed by atoms with van der Waals surface area (Å²) >= 11 is 0. The normalized spacial score (nSPS) is 13.9. The Balaban J connectivity index is 1.58. The van der Waals surface area contributed by atoms with Crippen LogP contribution in [-0.2, 0) is 16.0 Å². The zero-order valence-corrected chi connectivity index (χ0v) is 16.4. The number of rotatable bonds is 6. The van der Waals surface area contributed by atoms with Crippen LogP contribution in [0.5, 0.6) is 0 Å². The molecule has 1 N–H and O–H groups in total. The largest absolute Gasteiger partial charge is 0.378 e. The highest BCUT2D eigenvalue weighted by atomic mass is 16.5. The number of nitrogens with one attached hydrogen (secondary N) is 1. The molecule has 148 valence electrons. The van der Waals surface area contributed by atoms with Gasteiger partial charge in [0.25, 0.3) is 5.91 Å². The average Bonchev–Trinajstić information content (AvgIpc) is 2.74. The van der Waals surface area contributed by atoms with Crippen molar-refractivity contribution >= 4 is 23.3 Å². The zero-order valence-electron chi connectivity index (χ0n) is 16.4. The van der Waals surface area contributed by atoms with Crippen LogP contribution in [0.3, 0.4) is 0 Å². The zero-order chi connectivity index (χ0) is 19.9. The number of benzene rings is 1. The predicted octanol–water partition coefficient (Wildman–Crippen LogP) is 2.19. The average molecular weight is 382 g/mol. The molecule has 1 aliphatic rings. The van der Waals surface area contributed by atoms with Gasteiger partial charge in [0.2, 0.25) is 5.91 Å². The second-order valence-corrected chi connectivity index (χ2v) is 6.72. The monoisotopic (exact) mass is 382 g/mol. The molecule has 7 heteroatoms. The third-order valence-corrected chi connectivity index (χ3v) is 4.73. The summed E-state index contributed by atoms with van der Waals surface area (Å²) in [6.07, 6.45) is 2.39. The fourth-order valence-electron chi connectivity index (χ4n) is 3.14. The van der Waals surface area contributed by atoms with E-state index >= 15 is 0 Å². The number of carbonyl (C=O) groups is 2. The Bertz CT molecular complexity index is 817. The van der Waals surface area contributed by atoms with Crippen LogP contribution in [0, 0.1) is 0 Å². The van der Waals surface area contributed by atoms with Crippen molar-refractivity contribution in [1.29, 1.82) is 0 Å². The van der Waals surface area contributed by atoms with E-state index in [0.717, 1.165) is 36.6 Å². The first-order chi connectivity index (χ1) is 13.6. The molecule has 0 unspecified atom stereocenters. The molecule has 1 aromatic carbocycles. The van der Waals surface area contributed by atoms with E-state index in [2.05, 4.69) is 15.2 Å². The summed E-state index contributed by atoms with van der Waals surface area (Å²) in [5.74, 6) is 0.367. The Morgan fingerprint density at radius 3 is 2.61 bits per heavy atom. The van der Waals surface area contributed by atoms with Crippen molar-refractivity contribution in [3.63, 3.8) is 0 Å². The fraction of sp³-hybridized carbons (Fsp3) is 0.381. The minimum absolute atomic E-state index is 0.0257. The molecule has 0 radical (unpaired) electrons. The molecule has 2 amide bonds. The van der Waals surface area contributed by atoms with Crippen molar-refractivity contribution in [1.82, 2.24) is 9.88 Å². The Morgan fingerprint density at radius 2 is 1.93 bits per heavy atom. The van der Waals surface area contributed by atoms with Gasteiger partial charge in [0.05, 0.1) is 25.3 Å². The van der Waals surface area contributed by atoms with E-state index in [0.29, 0.717) is 18.8 Å². The fourth-order valence-corrected chi connectivity index (χ4v) is 3.14. The van der Waals surface area contributed by atoms with Crippen LogP contribution < -0.4 is 10.2 Å². The smallest absolute Gasteiger partial charge is 0.255 e. The van der Waals surface area contributed by atoms with E-state index in [1.54, 1.807) is 19.3 Å². The highest BCUT2D eigenvalue weighted by molar-refractivity contribution is 5.99. The number of pyridine rings is 1. The Labute approximate surface area is 165 Å². The van der Waals surface area contributed by atoms with Crippen molar-refractivity contribution in [3.8, 4) is 0 Å². The summed E-state index contributed by atoms with van der Waals surface area (Å²) in [6, 6.07) is 11.3. The van der Waals surface area contributed by atoms with Crippen molar-refractivity contribution < 1.29 is 14.3 Å². The molecule has 0 atom stereocenters. The van der Waals surface area contributed by atoms with Crippen molar-refractivity contribution in [2.45, 2.75) is 13.3 Å². The summed E-state index contributed by atoms with van der Waals surface area (Å²) in [7, 11) is 1.61. The van der Waals surface area contributed by atoms with Gasteiger partial charge in [-0.15, -0.1) is 0 Å². The Morgan fingerprint density at radius 1 is 1.18 bits per heavy atom. The van der Waals surface area contributed by atoms with Gasteiger partial charge in [-0.05, 0) is 30.2 Å². The number of aromatic nitrogens is 1. The molecule has 2 aromatic rings. The molecule has 2 heterocycles. The highest BCUT2D eigenvalue weighted by Gasteiger charge is 2.17. The number of likely N-dealkylation sites (N-methyl/N-ethyl adjacent to an activating group) is 1. The van der Waals surface area contributed by atoms with Gasteiger partial charge in [-0.25, -0.2) is 4.98 Å². The molecule has 3 rings (SSSR count). The van der Waals surface area contributed by atoms with Crippen LogP contribution in [0.4, 0.5) is 11.5 Å². The second-order valence-electron chi connectivity index (χ2n) is 6.72. The molecule has 1 saturated heterocycles. The van der Waals surface area contributed by atoms with Gasteiger partial charge in [0.1, 0.15) is 5.82 Å². The number of para-hydroxylation sites is 1. The summed E-state index contributed by atoms with van der Waals surface area (Å²) < 4.78 is 5.34. The third-order valence-electron chi connectivity index (χ3n) is 4.73. The summed E-state index contributed by atoms with van der Waals surface area (Å²) in [5, 5.41) is 2.88. The summed E-state index contributed by atoms with van der Waals surface area (Å²) in [4.78, 5) is 32.9. The number of aryl methyl sites for hydroxylation is 1. The lowest BCUT2D eigenvalue weighted by atomic mass is 10.1. The molecule has 1 fully saturated rings. The number of nitrogens with zero attached hydrogens (tertiary/aromatic N) is 3. The van der Waals surface area contributed by atoms with E-state index in [4.69, 9.17) is 4.74 Å². The standard InChI is InChI=1S/C21H26N4O3/c1-3-16-6-4-5-7-18(16)23-20(26)15-24(2)21(27)17-8-9-19(22-14-17)25-10-12-28-13-11-25/h4-9,14H,3,10-13,15H2,1-2H3,(H,23,26). The molecule has 1 aliphatic heterocycles. The van der Waals surface area contributed by atoms with Crippen LogP contribution in [0.2, 0.25) is 0 Å². The number of hydrogen-bond donors (Lipinski definition) is 1. The lowest BCUT2D eigenvalue weighted by Gasteiger charge is -2.27. The summed E-state index contributed by atoms with van der Waals surface area (Å²) in [6.45, 7) is 4.96. The highest BCUT2D eigenvalue weighted by Crippen LogP contribution is 2.16. The van der Waals surface area contributed by atoms with Crippen LogP contribution >= 0.6 is 0 Å². The van der Waals surface area contributed by atoms with Crippen LogP contribution in [-0.4, -0.2) is 61.6 Å². The molecule has 0 saturated carbocycles. The van der Waals surface area contributed by atoms with Crippen molar-refractivity contribution in [2.24, 2.45) is 0 Å². The van der Waals surface area contributed by atoms with E-state index in [9.17, 15) is 9.59 Å². The quantitative estimate of drug-likeness (QED) is 0.829. The maximum atomic E-state index is 12.6. The maximum absolute atomic E-state index is 12.6. The second kappa shape index (κ2) is 9.32. The molecule has 1 aromatic heterocycles. The van der Waals surface area contributed by atoms with Gasteiger partial charge in [-0.2, -0.15) is 0 Å². The molecular formula is C21H26N4O3. The summed E-state index contributed by atoms with van der Waals surface area (Å²) in [5.41, 5.74) is 2.31. The Hall–Kier alpha value is -2.93. The number of hydrogen-bond acceptors (Lipinski definition) is 5. The first kappa shape index (κ1) is 19.8. The molecule has 7 nitrogen and oxygen atoms in total. The van der Waals surface area contributed by atoms with Gasteiger partial charge in [0.15, 0.2) is 0 Å². The number of amides is 2. The lowest BCUT2D eigenvalue weighted by Crippen LogP contribution is -2.37. The van der Waals surface area contributed by atoms with Crippen LogP contribution in [0.25, 0.3) is 0 Å². The van der Waals surface area contributed by atoms with Gasteiger partial charge >= 0.3 is 0 Å². The Kier molecular flexibility index (Phi) is 6.60. The maximum Gasteiger partial charge on any atom is 0.255 e. The van der Waals surface area contributed by atoms with Gasteiger partial charge in [0, 0.05) is 32.0 Å². The first-order valence-corrected chi connectivity index (χ1v) is 9.50. The van der Waals surface area contributed by atoms with Crippen LogP contribution in [0.1, 0.15) is 22.8 Å². The predicted molar refractivity (Wildman–Crippen MR) is 109 cm³/mol. The molecule has 0 bridgehead atoms. The SMILES string of the molecule is CCc1ccccc1NC(=O)CN(C)C(=O)c1ccc(N2CCOCC2)nc1. The molecule has 0 aliphatic carbocycles. The third kappa shape index (κ3) is 4.86. The topological polar surface area (TPSA) is 74.8 Å². The molecule has 0 spiro atoms. The number of morpholine rings is 1. The van der Waals surface area contributed by atoms with Gasteiger partial charge in [-0.1, -0.05) is 25.1 Å². The number of anilines is 2.